The first-order valence-corrected chi connectivity index (χ1v) is 7.11. The number of carbonyl (C=O) groups is 1. The van der Waals surface area contributed by atoms with Crippen LogP contribution in [-0.2, 0) is 11.2 Å². The molecule has 2 rings (SSSR count). The molecular weight excluding hydrogens is 316 g/mol. The van der Waals surface area contributed by atoms with Gasteiger partial charge in [-0.05, 0) is 42.0 Å². The average Bonchev–Trinajstić information content (AvgIpc) is 2.56. The van der Waals surface area contributed by atoms with E-state index in [1.54, 1.807) is 36.4 Å². The van der Waals surface area contributed by atoms with Gasteiger partial charge >= 0.3 is 6.61 Å². The van der Waals surface area contributed by atoms with E-state index in [2.05, 4.69) is 15.4 Å². The largest absolute Gasteiger partial charge is 0.435 e. The van der Waals surface area contributed by atoms with E-state index >= 15 is 0 Å². The molecule has 0 bridgehead atoms. The van der Waals surface area contributed by atoms with Crippen molar-refractivity contribution in [3.05, 3.63) is 54.1 Å². The molecule has 0 aliphatic heterocycles. The Labute approximate surface area is 137 Å². The molecule has 0 fully saturated rings. The maximum atomic E-state index is 12.0. The third-order valence-electron chi connectivity index (χ3n) is 3.05. The second-order valence-electron chi connectivity index (χ2n) is 4.84. The Hall–Kier alpha value is -3.14. The Morgan fingerprint density at radius 1 is 1.08 bits per heavy atom. The highest BCUT2D eigenvalue weighted by molar-refractivity contribution is 5.93. The second-order valence-corrected chi connectivity index (χ2v) is 4.84. The van der Waals surface area contributed by atoms with Crippen molar-refractivity contribution in [1.82, 2.24) is 0 Å². The van der Waals surface area contributed by atoms with Gasteiger partial charge in [0.25, 0.3) is 0 Å². The highest BCUT2D eigenvalue weighted by Gasteiger charge is 2.05. The van der Waals surface area contributed by atoms with E-state index in [0.29, 0.717) is 17.8 Å². The Bertz CT molecular complexity index is 710. The molecule has 24 heavy (non-hydrogen) atoms. The molecule has 0 radical (unpaired) electrons. The van der Waals surface area contributed by atoms with Crippen LogP contribution in [0.5, 0.6) is 5.75 Å². The topological polar surface area (TPSA) is 74.2 Å². The fourth-order valence-electron chi connectivity index (χ4n) is 1.94. The van der Waals surface area contributed by atoms with Crippen molar-refractivity contribution in [2.75, 3.05) is 17.2 Å². The van der Waals surface area contributed by atoms with Crippen LogP contribution >= 0.6 is 0 Å². The van der Waals surface area contributed by atoms with Crippen LogP contribution in [-0.4, -0.2) is 19.1 Å². The molecule has 0 aliphatic carbocycles. The molecule has 0 atom stereocenters. The van der Waals surface area contributed by atoms with Crippen LogP contribution < -0.4 is 15.4 Å². The number of ether oxygens (including phenoxy) is 1. The fraction of sp³-hybridized carbons (Fsp3) is 0.176. The van der Waals surface area contributed by atoms with Crippen molar-refractivity contribution in [2.24, 2.45) is 0 Å². The summed E-state index contributed by atoms with van der Waals surface area (Å²) in [5.74, 6) is -0.201. The number of carbonyl (C=O) groups excluding carboxylic acids is 1. The lowest BCUT2D eigenvalue weighted by Gasteiger charge is -2.09. The van der Waals surface area contributed by atoms with Crippen molar-refractivity contribution >= 4 is 17.3 Å². The summed E-state index contributed by atoms with van der Waals surface area (Å²) in [6.07, 6.45) is 0.320. The predicted molar refractivity (Wildman–Crippen MR) is 86.0 cm³/mol. The number of nitrogens with zero attached hydrogens (tertiary/aromatic N) is 1. The van der Waals surface area contributed by atoms with Gasteiger partial charge in [0.1, 0.15) is 5.75 Å². The molecule has 0 spiro atoms. The molecule has 0 unspecified atom stereocenters. The van der Waals surface area contributed by atoms with Gasteiger partial charge in [0.2, 0.25) is 5.91 Å². The lowest BCUT2D eigenvalue weighted by molar-refractivity contribution is -0.114. The second kappa shape index (κ2) is 8.48. The van der Waals surface area contributed by atoms with Gasteiger partial charge in [0, 0.05) is 11.4 Å². The number of anilines is 2. The molecule has 124 valence electrons. The van der Waals surface area contributed by atoms with E-state index in [9.17, 15) is 13.6 Å². The highest BCUT2D eigenvalue weighted by Crippen LogP contribution is 2.17. The van der Waals surface area contributed by atoms with Crippen LogP contribution in [0, 0.1) is 11.3 Å². The molecule has 1 amide bonds. The van der Waals surface area contributed by atoms with Crippen molar-refractivity contribution in [3.63, 3.8) is 0 Å². The number of halogens is 2. The third-order valence-corrected chi connectivity index (χ3v) is 3.05. The summed E-state index contributed by atoms with van der Waals surface area (Å²) in [6, 6.07) is 14.9. The van der Waals surface area contributed by atoms with Crippen LogP contribution in [0.15, 0.2) is 48.5 Å². The molecule has 2 N–H and O–H groups in total. The smallest absolute Gasteiger partial charge is 0.387 e. The molecule has 2 aromatic rings. The van der Waals surface area contributed by atoms with E-state index < -0.39 is 6.61 Å². The Balaban J connectivity index is 1.81. The van der Waals surface area contributed by atoms with Crippen LogP contribution in [0.3, 0.4) is 0 Å². The highest BCUT2D eigenvalue weighted by atomic mass is 19.3. The standard InChI is InChI=1S/C17H15F2N3O2/c18-17(19)24-15-7-5-13(6-8-15)21-11-16(23)22-14-3-1-12(2-4-14)9-10-20/h1-8,17,21H,9,11H2,(H,22,23). The van der Waals surface area contributed by atoms with Gasteiger partial charge in [-0.3, -0.25) is 4.79 Å². The van der Waals surface area contributed by atoms with Crippen LogP contribution in [0.1, 0.15) is 5.56 Å². The number of amides is 1. The number of benzene rings is 2. The normalized spacial score (nSPS) is 10.1. The van der Waals surface area contributed by atoms with Gasteiger partial charge in [0.15, 0.2) is 0 Å². The Morgan fingerprint density at radius 2 is 1.71 bits per heavy atom. The first kappa shape index (κ1) is 17.2. The lowest BCUT2D eigenvalue weighted by Crippen LogP contribution is -2.21. The first-order valence-electron chi connectivity index (χ1n) is 7.11. The van der Waals surface area contributed by atoms with Gasteiger partial charge < -0.3 is 15.4 Å². The SMILES string of the molecule is N#CCc1ccc(NC(=O)CNc2ccc(OC(F)F)cc2)cc1. The minimum Gasteiger partial charge on any atom is -0.435 e. The summed E-state index contributed by atoms with van der Waals surface area (Å²) in [4.78, 5) is 11.9. The number of nitrogens with one attached hydrogen (secondary N) is 2. The van der Waals surface area contributed by atoms with Crippen molar-refractivity contribution < 1.29 is 18.3 Å². The summed E-state index contributed by atoms with van der Waals surface area (Å²) < 4.78 is 28.3. The molecule has 0 heterocycles. The Kier molecular flexibility index (Phi) is 6.08. The molecule has 0 aromatic heterocycles. The minimum absolute atomic E-state index is 0.0228. The maximum absolute atomic E-state index is 12.0. The van der Waals surface area contributed by atoms with Crippen LogP contribution in [0.2, 0.25) is 0 Å². The van der Waals surface area contributed by atoms with Gasteiger partial charge in [-0.15, -0.1) is 0 Å². The number of nitriles is 1. The summed E-state index contributed by atoms with van der Waals surface area (Å²) >= 11 is 0. The summed E-state index contributed by atoms with van der Waals surface area (Å²) in [5, 5.41) is 14.2. The zero-order valence-corrected chi connectivity index (χ0v) is 12.6. The van der Waals surface area contributed by atoms with Crippen molar-refractivity contribution in [3.8, 4) is 11.8 Å². The summed E-state index contributed by atoms with van der Waals surface area (Å²) in [6.45, 7) is -2.84. The molecule has 0 saturated carbocycles. The number of rotatable bonds is 7. The molecule has 5 nitrogen and oxygen atoms in total. The third kappa shape index (κ3) is 5.57. The maximum Gasteiger partial charge on any atom is 0.387 e. The van der Waals surface area contributed by atoms with E-state index in [1.165, 1.54) is 12.1 Å². The fourth-order valence-corrected chi connectivity index (χ4v) is 1.94. The molecule has 2 aromatic carbocycles. The van der Waals surface area contributed by atoms with E-state index in [1.807, 2.05) is 6.07 Å². The monoisotopic (exact) mass is 331 g/mol. The quantitative estimate of drug-likeness (QED) is 0.815. The van der Waals surface area contributed by atoms with Crippen LogP contribution in [0.25, 0.3) is 0 Å². The Morgan fingerprint density at radius 3 is 2.29 bits per heavy atom. The molecule has 0 saturated heterocycles. The number of hydrogen-bond donors (Lipinski definition) is 2. The zero-order chi connectivity index (χ0) is 17.4. The van der Waals surface area contributed by atoms with Gasteiger partial charge in [-0.25, -0.2) is 0 Å². The summed E-state index contributed by atoms with van der Waals surface area (Å²) in [7, 11) is 0. The van der Waals surface area contributed by atoms with Crippen molar-refractivity contribution in [1.29, 1.82) is 5.26 Å². The van der Waals surface area contributed by atoms with Crippen molar-refractivity contribution in [2.45, 2.75) is 13.0 Å². The van der Waals surface area contributed by atoms with E-state index in [4.69, 9.17) is 5.26 Å². The van der Waals surface area contributed by atoms with E-state index in [-0.39, 0.29) is 18.2 Å². The average molecular weight is 331 g/mol. The number of hydrogen-bond acceptors (Lipinski definition) is 4. The lowest BCUT2D eigenvalue weighted by atomic mass is 10.1. The van der Waals surface area contributed by atoms with Crippen LogP contribution in [0.4, 0.5) is 20.2 Å². The number of alkyl halides is 2. The van der Waals surface area contributed by atoms with Gasteiger partial charge in [-0.2, -0.15) is 14.0 Å². The van der Waals surface area contributed by atoms with Gasteiger partial charge in [-0.1, -0.05) is 12.1 Å². The molecule has 0 aliphatic rings. The predicted octanol–water partition coefficient (Wildman–Crippen LogP) is 3.40. The zero-order valence-electron chi connectivity index (χ0n) is 12.6. The first-order chi connectivity index (χ1) is 11.6. The van der Waals surface area contributed by atoms with Gasteiger partial charge in [0.05, 0.1) is 19.0 Å². The minimum atomic E-state index is -2.87. The summed E-state index contributed by atoms with van der Waals surface area (Å²) in [5.41, 5.74) is 2.11. The van der Waals surface area contributed by atoms with E-state index in [0.717, 1.165) is 5.56 Å². The molecule has 7 heteroatoms. The molecular formula is C17H15F2N3O2.